The Morgan fingerprint density at radius 1 is 1.47 bits per heavy atom. The van der Waals surface area contributed by atoms with Gasteiger partial charge in [-0.05, 0) is 6.92 Å². The van der Waals surface area contributed by atoms with Crippen molar-refractivity contribution in [3.05, 3.63) is 36.4 Å². The number of aliphatic hydroxyl groups excluding tert-OH is 1. The van der Waals surface area contributed by atoms with E-state index >= 15 is 0 Å². The van der Waals surface area contributed by atoms with Crippen LogP contribution in [0.4, 0.5) is 0 Å². The van der Waals surface area contributed by atoms with Gasteiger partial charge >= 0.3 is 0 Å². The molecular weight excluding hydrogens is 192 g/mol. The Hall–Kier alpha value is -1.62. The summed E-state index contributed by atoms with van der Waals surface area (Å²) in [6.07, 6.45) is 6.24. The molecule has 1 unspecified atom stereocenters. The lowest BCUT2D eigenvalue weighted by atomic mass is 10.2. The molecule has 15 heavy (non-hydrogen) atoms. The minimum absolute atomic E-state index is 0.624. The van der Waals surface area contributed by atoms with E-state index in [0.29, 0.717) is 11.5 Å². The van der Waals surface area contributed by atoms with Crippen LogP contribution in [-0.4, -0.2) is 24.2 Å². The molecule has 2 aromatic rings. The number of hydrogen-bond acceptors (Lipinski definition) is 3. The summed E-state index contributed by atoms with van der Waals surface area (Å²) in [6.45, 7) is 2.80. The maximum atomic E-state index is 10.0. The fourth-order valence-electron chi connectivity index (χ4n) is 1.54. The van der Waals surface area contributed by atoms with Crippen molar-refractivity contribution in [2.45, 2.75) is 19.6 Å². The Morgan fingerprint density at radius 2 is 2.27 bits per heavy atom. The summed E-state index contributed by atoms with van der Waals surface area (Å²) in [5, 5.41) is 10.0. The number of rotatable bonds is 3. The van der Waals surface area contributed by atoms with Crippen LogP contribution in [0, 0.1) is 0 Å². The molecule has 0 aliphatic rings. The van der Waals surface area contributed by atoms with Crippen molar-refractivity contribution in [1.29, 1.82) is 0 Å². The molecule has 0 aliphatic heterocycles. The fourth-order valence-corrected chi connectivity index (χ4v) is 1.54. The Morgan fingerprint density at radius 3 is 2.87 bits per heavy atom. The molecule has 5 heteroatoms. The van der Waals surface area contributed by atoms with E-state index in [1.165, 1.54) is 0 Å². The topological polar surface area (TPSA) is 55.9 Å². The van der Waals surface area contributed by atoms with Crippen molar-refractivity contribution in [2.75, 3.05) is 0 Å². The highest BCUT2D eigenvalue weighted by Gasteiger charge is 2.17. The Labute approximate surface area is 88.0 Å². The lowest BCUT2D eigenvalue weighted by molar-refractivity contribution is 0.200. The highest BCUT2D eigenvalue weighted by atomic mass is 16.3. The van der Waals surface area contributed by atoms with E-state index in [4.69, 9.17) is 0 Å². The molecule has 2 aromatic heterocycles. The van der Waals surface area contributed by atoms with Gasteiger partial charge in [0, 0.05) is 32.2 Å². The maximum Gasteiger partial charge on any atom is 0.155 e. The second-order valence-electron chi connectivity index (χ2n) is 3.44. The van der Waals surface area contributed by atoms with Crippen molar-refractivity contribution < 1.29 is 5.11 Å². The van der Waals surface area contributed by atoms with Crippen LogP contribution < -0.4 is 0 Å². The molecule has 0 aromatic carbocycles. The number of imidazole rings is 2. The summed E-state index contributed by atoms with van der Waals surface area (Å²) in [5.74, 6) is 0.635. The van der Waals surface area contributed by atoms with E-state index in [1.54, 1.807) is 23.3 Å². The van der Waals surface area contributed by atoms with Gasteiger partial charge in [0.15, 0.2) is 6.10 Å². The predicted molar refractivity (Wildman–Crippen MR) is 55.2 cm³/mol. The van der Waals surface area contributed by atoms with Crippen molar-refractivity contribution in [3.63, 3.8) is 0 Å². The zero-order valence-electron chi connectivity index (χ0n) is 8.83. The minimum Gasteiger partial charge on any atom is -0.379 e. The van der Waals surface area contributed by atoms with Crippen LogP contribution in [0.2, 0.25) is 0 Å². The molecule has 1 N–H and O–H groups in total. The molecule has 0 bridgehead atoms. The zero-order valence-corrected chi connectivity index (χ0v) is 8.83. The summed E-state index contributed by atoms with van der Waals surface area (Å²) in [5.41, 5.74) is 0.624. The second-order valence-corrected chi connectivity index (χ2v) is 3.44. The molecule has 2 heterocycles. The van der Waals surface area contributed by atoms with Gasteiger partial charge in [0.1, 0.15) is 5.82 Å². The second kappa shape index (κ2) is 3.86. The van der Waals surface area contributed by atoms with Crippen molar-refractivity contribution >= 4 is 0 Å². The smallest absolute Gasteiger partial charge is 0.155 e. The zero-order chi connectivity index (χ0) is 10.8. The maximum absolute atomic E-state index is 10.0. The van der Waals surface area contributed by atoms with Gasteiger partial charge in [-0.3, -0.25) is 0 Å². The van der Waals surface area contributed by atoms with E-state index in [-0.39, 0.29) is 0 Å². The summed E-state index contributed by atoms with van der Waals surface area (Å²) < 4.78 is 3.71. The van der Waals surface area contributed by atoms with Gasteiger partial charge in [-0.15, -0.1) is 0 Å². The Bertz CT molecular complexity index is 446. The summed E-state index contributed by atoms with van der Waals surface area (Å²) >= 11 is 0. The van der Waals surface area contributed by atoms with E-state index in [2.05, 4.69) is 9.97 Å². The van der Waals surface area contributed by atoms with Crippen LogP contribution in [0.5, 0.6) is 0 Å². The van der Waals surface area contributed by atoms with Gasteiger partial charge in [-0.2, -0.15) is 0 Å². The minimum atomic E-state index is -0.749. The molecule has 80 valence electrons. The van der Waals surface area contributed by atoms with Gasteiger partial charge in [-0.1, -0.05) is 0 Å². The number of hydrogen-bond donors (Lipinski definition) is 1. The van der Waals surface area contributed by atoms with E-state index in [1.807, 2.05) is 24.7 Å². The van der Waals surface area contributed by atoms with Crippen molar-refractivity contribution in [1.82, 2.24) is 19.1 Å². The van der Waals surface area contributed by atoms with Gasteiger partial charge in [0.05, 0.1) is 12.0 Å². The molecule has 0 fully saturated rings. The highest BCUT2D eigenvalue weighted by Crippen LogP contribution is 2.18. The van der Waals surface area contributed by atoms with Crippen molar-refractivity contribution in [3.8, 4) is 0 Å². The van der Waals surface area contributed by atoms with Crippen LogP contribution >= 0.6 is 0 Å². The molecule has 5 nitrogen and oxygen atoms in total. The van der Waals surface area contributed by atoms with Crippen LogP contribution in [0.3, 0.4) is 0 Å². The molecule has 0 saturated heterocycles. The van der Waals surface area contributed by atoms with E-state index in [0.717, 1.165) is 6.54 Å². The third-order valence-corrected chi connectivity index (χ3v) is 2.34. The van der Waals surface area contributed by atoms with Crippen LogP contribution in [-0.2, 0) is 13.6 Å². The number of aryl methyl sites for hydroxylation is 2. The third kappa shape index (κ3) is 1.78. The first-order valence-corrected chi connectivity index (χ1v) is 4.89. The van der Waals surface area contributed by atoms with Gasteiger partial charge in [0.25, 0.3) is 0 Å². The Balaban J connectivity index is 2.31. The normalized spacial score (nSPS) is 13.0. The fraction of sp³-hybridized carbons (Fsp3) is 0.400. The molecule has 0 spiro atoms. The first kappa shape index (κ1) is 9.92. The third-order valence-electron chi connectivity index (χ3n) is 2.34. The molecule has 2 rings (SSSR count). The molecule has 0 radical (unpaired) electrons. The summed E-state index contributed by atoms with van der Waals surface area (Å²) in [7, 11) is 1.87. The SMILES string of the molecule is CCn1ccnc1C(O)c1cn(C)cn1. The number of aliphatic hydroxyl groups is 1. The molecule has 1 atom stereocenters. The van der Waals surface area contributed by atoms with E-state index < -0.39 is 6.10 Å². The van der Waals surface area contributed by atoms with Gasteiger partial charge < -0.3 is 14.2 Å². The first-order chi connectivity index (χ1) is 7.22. The average molecular weight is 206 g/mol. The predicted octanol–water partition coefficient (Wildman–Crippen LogP) is 0.718. The lowest BCUT2D eigenvalue weighted by Crippen LogP contribution is -2.09. The number of nitrogens with zero attached hydrogens (tertiary/aromatic N) is 4. The molecule has 0 saturated carbocycles. The molecule has 0 aliphatic carbocycles. The van der Waals surface area contributed by atoms with Crippen LogP contribution in [0.25, 0.3) is 0 Å². The Kier molecular flexibility index (Phi) is 2.55. The van der Waals surface area contributed by atoms with Crippen molar-refractivity contribution in [2.24, 2.45) is 7.05 Å². The highest BCUT2D eigenvalue weighted by molar-refractivity contribution is 5.12. The van der Waals surface area contributed by atoms with Crippen LogP contribution in [0.1, 0.15) is 24.5 Å². The molecular formula is C10H14N4O. The lowest BCUT2D eigenvalue weighted by Gasteiger charge is -2.09. The first-order valence-electron chi connectivity index (χ1n) is 4.89. The van der Waals surface area contributed by atoms with Crippen LogP contribution in [0.15, 0.2) is 24.9 Å². The van der Waals surface area contributed by atoms with E-state index in [9.17, 15) is 5.11 Å². The van der Waals surface area contributed by atoms with Gasteiger partial charge in [0.2, 0.25) is 0 Å². The summed E-state index contributed by atoms with van der Waals surface area (Å²) in [4.78, 5) is 8.24. The largest absolute Gasteiger partial charge is 0.379 e. The monoisotopic (exact) mass is 206 g/mol. The standard InChI is InChI=1S/C10H14N4O/c1-3-14-5-4-11-10(14)9(15)8-6-13(2)7-12-8/h4-7,9,15H,3H2,1-2H3. The quantitative estimate of drug-likeness (QED) is 0.805. The number of aromatic nitrogens is 4. The molecule has 0 amide bonds. The average Bonchev–Trinajstić information content (AvgIpc) is 2.84. The van der Waals surface area contributed by atoms with Gasteiger partial charge in [-0.25, -0.2) is 9.97 Å². The summed E-state index contributed by atoms with van der Waals surface area (Å²) in [6, 6.07) is 0.